The molecule has 162 valence electrons. The van der Waals surface area contributed by atoms with Crippen molar-refractivity contribution in [2.24, 2.45) is 0 Å². The smallest absolute Gasteiger partial charge is 0.244 e. The summed E-state index contributed by atoms with van der Waals surface area (Å²) in [7, 11) is -3.79. The van der Waals surface area contributed by atoms with Gasteiger partial charge >= 0.3 is 0 Å². The fourth-order valence-corrected chi connectivity index (χ4v) is 6.24. The van der Waals surface area contributed by atoms with Crippen LogP contribution in [0.1, 0.15) is 5.69 Å². The molecule has 4 rings (SSSR count). The van der Waals surface area contributed by atoms with Gasteiger partial charge in [-0.3, -0.25) is 9.78 Å². The fourth-order valence-electron chi connectivity index (χ4n) is 3.27. The molecule has 0 unspecified atom stereocenters. The number of hydrogen-bond acceptors (Lipinski definition) is 6. The highest BCUT2D eigenvalue weighted by Crippen LogP contribution is 2.28. The number of carbonyl (C=O) groups excluding carboxylic acids is 1. The van der Waals surface area contributed by atoms with Gasteiger partial charge in [-0.1, -0.05) is 23.2 Å². The third-order valence-electron chi connectivity index (χ3n) is 4.89. The van der Waals surface area contributed by atoms with Crippen LogP contribution < -0.4 is 0 Å². The van der Waals surface area contributed by atoms with Crippen LogP contribution in [0.25, 0.3) is 10.6 Å². The summed E-state index contributed by atoms with van der Waals surface area (Å²) in [4.78, 5) is 23.0. The van der Waals surface area contributed by atoms with Crippen molar-refractivity contribution < 1.29 is 13.2 Å². The van der Waals surface area contributed by atoms with Crippen LogP contribution in [0.5, 0.6) is 0 Å². The van der Waals surface area contributed by atoms with Gasteiger partial charge in [-0.15, -0.1) is 11.3 Å². The number of hydrogen-bond donors (Lipinski definition) is 0. The Morgan fingerprint density at radius 1 is 1.13 bits per heavy atom. The number of pyridine rings is 1. The molecule has 11 heteroatoms. The number of thiazole rings is 1. The Morgan fingerprint density at radius 2 is 1.90 bits per heavy atom. The van der Waals surface area contributed by atoms with E-state index in [1.807, 2.05) is 17.5 Å². The lowest BCUT2D eigenvalue weighted by molar-refractivity contribution is -0.131. The van der Waals surface area contributed by atoms with E-state index in [9.17, 15) is 13.2 Å². The summed E-state index contributed by atoms with van der Waals surface area (Å²) < 4.78 is 27.2. The lowest BCUT2D eigenvalue weighted by Gasteiger charge is -2.34. The minimum Gasteiger partial charge on any atom is -0.340 e. The number of rotatable bonds is 5. The maximum absolute atomic E-state index is 12.9. The van der Waals surface area contributed by atoms with Gasteiger partial charge in [0.2, 0.25) is 15.9 Å². The van der Waals surface area contributed by atoms with E-state index >= 15 is 0 Å². The van der Waals surface area contributed by atoms with Crippen LogP contribution in [0.2, 0.25) is 10.0 Å². The zero-order chi connectivity index (χ0) is 22.0. The first-order chi connectivity index (χ1) is 14.8. The predicted octanol–water partition coefficient (Wildman–Crippen LogP) is 3.59. The summed E-state index contributed by atoms with van der Waals surface area (Å²) >= 11 is 13.5. The molecule has 0 aliphatic carbocycles. The van der Waals surface area contributed by atoms with Crippen LogP contribution in [-0.4, -0.2) is 59.7 Å². The Morgan fingerprint density at radius 3 is 2.61 bits per heavy atom. The number of nitrogens with zero attached hydrogens (tertiary/aromatic N) is 4. The highest BCUT2D eigenvalue weighted by Gasteiger charge is 2.31. The summed E-state index contributed by atoms with van der Waals surface area (Å²) in [6.07, 6.45) is 3.60. The zero-order valence-corrected chi connectivity index (χ0v) is 19.4. The second-order valence-electron chi connectivity index (χ2n) is 6.92. The molecule has 0 atom stereocenters. The molecule has 31 heavy (non-hydrogen) atoms. The van der Waals surface area contributed by atoms with E-state index in [0.717, 1.165) is 10.6 Å². The van der Waals surface area contributed by atoms with Gasteiger partial charge in [0.25, 0.3) is 0 Å². The molecule has 1 saturated heterocycles. The first kappa shape index (κ1) is 22.2. The lowest BCUT2D eigenvalue weighted by atomic mass is 10.2. The maximum atomic E-state index is 12.9. The fraction of sp³-hybridized carbons (Fsp3) is 0.250. The van der Waals surface area contributed by atoms with Crippen LogP contribution in [0, 0.1) is 0 Å². The Labute approximate surface area is 194 Å². The Bertz CT molecular complexity index is 1190. The molecule has 1 amide bonds. The van der Waals surface area contributed by atoms with Gasteiger partial charge in [0.1, 0.15) is 9.90 Å². The van der Waals surface area contributed by atoms with Crippen molar-refractivity contribution in [1.82, 2.24) is 19.2 Å². The van der Waals surface area contributed by atoms with Gasteiger partial charge in [0, 0.05) is 54.5 Å². The third kappa shape index (κ3) is 4.91. The Hall–Kier alpha value is -2.04. The van der Waals surface area contributed by atoms with Crippen LogP contribution in [-0.2, 0) is 21.2 Å². The number of amides is 1. The number of piperazine rings is 1. The Kier molecular flexibility index (Phi) is 6.59. The van der Waals surface area contributed by atoms with Crippen molar-refractivity contribution in [2.75, 3.05) is 26.2 Å². The van der Waals surface area contributed by atoms with Gasteiger partial charge in [-0.05, 0) is 30.3 Å². The molecule has 1 fully saturated rings. The minimum atomic E-state index is -3.79. The van der Waals surface area contributed by atoms with Crippen molar-refractivity contribution in [3.63, 3.8) is 0 Å². The summed E-state index contributed by atoms with van der Waals surface area (Å²) in [6, 6.07) is 8.11. The minimum absolute atomic E-state index is 0.0214. The van der Waals surface area contributed by atoms with Crippen LogP contribution in [0.15, 0.2) is 53.0 Å². The molecule has 1 aliphatic heterocycles. The molecule has 1 aliphatic rings. The highest BCUT2D eigenvalue weighted by molar-refractivity contribution is 7.89. The SMILES string of the molecule is O=C(Cc1csc(-c2cccnc2)n1)N1CCN(S(=O)(=O)c2cc(Cl)ccc2Cl)CC1. The maximum Gasteiger partial charge on any atom is 0.244 e. The second-order valence-corrected chi connectivity index (χ2v) is 10.5. The first-order valence-corrected chi connectivity index (χ1v) is 12.5. The molecule has 7 nitrogen and oxygen atoms in total. The summed E-state index contributed by atoms with van der Waals surface area (Å²) in [5.74, 6) is -0.0825. The van der Waals surface area contributed by atoms with Gasteiger partial charge < -0.3 is 4.90 Å². The van der Waals surface area contributed by atoms with Crippen LogP contribution in [0.4, 0.5) is 0 Å². The van der Waals surface area contributed by atoms with Crippen molar-refractivity contribution in [3.8, 4) is 10.6 Å². The molecule has 3 aromatic rings. The zero-order valence-electron chi connectivity index (χ0n) is 16.2. The van der Waals surface area contributed by atoms with Crippen LogP contribution >= 0.6 is 34.5 Å². The quantitative estimate of drug-likeness (QED) is 0.538. The summed E-state index contributed by atoms with van der Waals surface area (Å²) in [5.41, 5.74) is 1.60. The van der Waals surface area contributed by atoms with Crippen molar-refractivity contribution in [2.45, 2.75) is 11.3 Å². The monoisotopic (exact) mass is 496 g/mol. The third-order valence-corrected chi connectivity index (χ3v) is 8.45. The van der Waals surface area contributed by atoms with E-state index in [2.05, 4.69) is 9.97 Å². The molecule has 0 N–H and O–H groups in total. The molecule has 0 bridgehead atoms. The molecular weight excluding hydrogens is 479 g/mol. The number of sulfonamides is 1. The van der Waals surface area contributed by atoms with Crippen molar-refractivity contribution in [1.29, 1.82) is 0 Å². The normalized spacial score (nSPS) is 15.2. The second kappa shape index (κ2) is 9.22. The predicted molar refractivity (Wildman–Crippen MR) is 121 cm³/mol. The first-order valence-electron chi connectivity index (χ1n) is 9.42. The van der Waals surface area contributed by atoms with Crippen molar-refractivity contribution in [3.05, 3.63) is 63.8 Å². The molecule has 3 heterocycles. The van der Waals surface area contributed by atoms with E-state index < -0.39 is 10.0 Å². The average molecular weight is 497 g/mol. The average Bonchev–Trinajstić information content (AvgIpc) is 3.24. The number of benzene rings is 1. The van der Waals surface area contributed by atoms with E-state index in [1.54, 1.807) is 17.3 Å². The van der Waals surface area contributed by atoms with E-state index in [-0.39, 0.29) is 35.3 Å². The van der Waals surface area contributed by atoms with E-state index in [1.165, 1.54) is 33.8 Å². The molecule has 1 aromatic carbocycles. The molecule has 0 spiro atoms. The topological polar surface area (TPSA) is 83.5 Å². The van der Waals surface area contributed by atoms with E-state index in [4.69, 9.17) is 23.2 Å². The number of carbonyl (C=O) groups is 1. The van der Waals surface area contributed by atoms with E-state index in [0.29, 0.717) is 23.8 Å². The summed E-state index contributed by atoms with van der Waals surface area (Å²) in [6.45, 7) is 0.982. The highest BCUT2D eigenvalue weighted by atomic mass is 35.5. The number of aromatic nitrogens is 2. The van der Waals surface area contributed by atoms with Gasteiger partial charge in [0.15, 0.2) is 0 Å². The Balaban J connectivity index is 1.38. The van der Waals surface area contributed by atoms with Gasteiger partial charge in [0.05, 0.1) is 17.1 Å². The molecule has 0 radical (unpaired) electrons. The van der Waals surface area contributed by atoms with Crippen molar-refractivity contribution >= 4 is 50.5 Å². The summed E-state index contributed by atoms with van der Waals surface area (Å²) in [5, 5.41) is 3.09. The standard InChI is InChI=1S/C20H18Cl2N4O3S2/c21-15-3-4-17(22)18(10-15)31(28,29)26-8-6-25(7-9-26)19(27)11-16-13-30-20(24-16)14-2-1-5-23-12-14/h1-5,10,12-13H,6-9,11H2. The van der Waals surface area contributed by atoms with Gasteiger partial charge in [-0.25, -0.2) is 13.4 Å². The molecule has 2 aromatic heterocycles. The number of halogens is 2. The lowest BCUT2D eigenvalue weighted by Crippen LogP contribution is -2.50. The van der Waals surface area contributed by atoms with Gasteiger partial charge in [-0.2, -0.15) is 4.31 Å². The molecular formula is C20H18Cl2N4O3S2. The van der Waals surface area contributed by atoms with Crippen LogP contribution in [0.3, 0.4) is 0 Å². The largest absolute Gasteiger partial charge is 0.340 e. The molecule has 0 saturated carbocycles.